The van der Waals surface area contributed by atoms with E-state index >= 15 is 0 Å². The zero-order valence-corrected chi connectivity index (χ0v) is 17.9. The molecule has 0 radical (unpaired) electrons. The fourth-order valence-electron chi connectivity index (χ4n) is 3.42. The number of aryl methyl sites for hydroxylation is 1. The minimum absolute atomic E-state index is 0.0968. The number of benzene rings is 1. The molecule has 0 aliphatic carbocycles. The van der Waals surface area contributed by atoms with Gasteiger partial charge in [-0.2, -0.15) is 0 Å². The number of nitrogens with zero attached hydrogens (tertiary/aromatic N) is 5. The normalized spacial score (nSPS) is 13.8. The van der Waals surface area contributed by atoms with Crippen LogP contribution in [-0.4, -0.2) is 47.8 Å². The first kappa shape index (κ1) is 20.4. The summed E-state index contributed by atoms with van der Waals surface area (Å²) in [6.45, 7) is 8.37. The molecule has 3 aromatic rings. The first-order valence-corrected chi connectivity index (χ1v) is 10.7. The van der Waals surface area contributed by atoms with E-state index in [1.807, 2.05) is 27.5 Å². The van der Waals surface area contributed by atoms with Crippen molar-refractivity contribution < 1.29 is 4.79 Å². The Balaban J connectivity index is 1.95. The van der Waals surface area contributed by atoms with Crippen molar-refractivity contribution in [3.63, 3.8) is 0 Å². The van der Waals surface area contributed by atoms with E-state index < -0.39 is 0 Å². The Morgan fingerprint density at radius 1 is 1.14 bits per heavy atom. The van der Waals surface area contributed by atoms with Crippen LogP contribution in [0, 0.1) is 0 Å². The van der Waals surface area contributed by atoms with Crippen LogP contribution >= 0.6 is 11.8 Å². The van der Waals surface area contributed by atoms with Crippen LogP contribution in [0.4, 0.5) is 0 Å². The largest absolute Gasteiger partial charge is 0.337 e. The Morgan fingerprint density at radius 2 is 1.79 bits per heavy atom. The van der Waals surface area contributed by atoms with E-state index in [9.17, 15) is 9.59 Å². The second kappa shape index (κ2) is 8.34. The van der Waals surface area contributed by atoms with Crippen LogP contribution in [0.15, 0.2) is 34.2 Å². The first-order valence-electron chi connectivity index (χ1n) is 9.67. The number of hydrogen-bond acceptors (Lipinski definition) is 5. The summed E-state index contributed by atoms with van der Waals surface area (Å²) < 4.78 is 3.34. The van der Waals surface area contributed by atoms with Gasteiger partial charge in [-0.3, -0.25) is 18.6 Å². The van der Waals surface area contributed by atoms with E-state index in [-0.39, 0.29) is 29.3 Å². The molecule has 0 aliphatic heterocycles. The summed E-state index contributed by atoms with van der Waals surface area (Å²) in [4.78, 5) is 27.5. The maximum absolute atomic E-state index is 13.0. The van der Waals surface area contributed by atoms with Gasteiger partial charge in [0.1, 0.15) is 0 Å². The van der Waals surface area contributed by atoms with Crippen molar-refractivity contribution in [2.45, 2.75) is 57.8 Å². The molecule has 0 spiro atoms. The number of aromatic nitrogens is 4. The topological polar surface area (TPSA) is 72.5 Å². The zero-order chi connectivity index (χ0) is 20.4. The smallest absolute Gasteiger partial charge is 0.262 e. The molecule has 3 rings (SSSR count). The summed E-state index contributed by atoms with van der Waals surface area (Å²) in [7, 11) is 1.69. The first-order chi connectivity index (χ1) is 13.4. The highest BCUT2D eigenvalue weighted by molar-refractivity contribution is 7.99. The average molecular weight is 402 g/mol. The highest BCUT2D eigenvalue weighted by atomic mass is 32.2. The second-order valence-corrected chi connectivity index (χ2v) is 8.05. The summed E-state index contributed by atoms with van der Waals surface area (Å²) in [5.41, 5.74) is 0.643. The molecule has 2 heterocycles. The summed E-state index contributed by atoms with van der Waals surface area (Å²) in [6, 6.07) is 7.79. The van der Waals surface area contributed by atoms with Crippen molar-refractivity contribution in [1.29, 1.82) is 0 Å². The van der Waals surface area contributed by atoms with E-state index in [2.05, 4.69) is 37.9 Å². The molecule has 0 aliphatic rings. The Hall–Kier alpha value is -2.35. The summed E-state index contributed by atoms with van der Waals surface area (Å²) >= 11 is 1.36. The van der Waals surface area contributed by atoms with Crippen LogP contribution in [0.5, 0.6) is 0 Å². The SMILES string of the molecule is CC[C@H](C)N(C(=O)CSc1nnc2n(C)c(=O)c3ccccc3n12)[C@@H](C)CC. The zero-order valence-electron chi connectivity index (χ0n) is 17.0. The standard InChI is InChI=1S/C20H27N5O2S/c1-6-13(3)24(14(4)7-2)17(26)12-28-20-22-21-19-23(5)18(27)15-10-8-9-11-16(15)25(19)20/h8-11,13-14H,6-7,12H2,1-5H3/t13-,14-/m0/s1. The van der Waals surface area contributed by atoms with Gasteiger partial charge in [-0.1, -0.05) is 37.7 Å². The van der Waals surface area contributed by atoms with Crippen LogP contribution in [0.3, 0.4) is 0 Å². The maximum atomic E-state index is 13.0. The molecular formula is C20H27N5O2S. The van der Waals surface area contributed by atoms with Crippen LogP contribution in [0.25, 0.3) is 16.7 Å². The summed E-state index contributed by atoms with van der Waals surface area (Å²) in [5, 5.41) is 9.66. The molecule has 0 fully saturated rings. The molecule has 8 heteroatoms. The van der Waals surface area contributed by atoms with Crippen LogP contribution in [-0.2, 0) is 11.8 Å². The number of fused-ring (bicyclic) bond motifs is 3. The van der Waals surface area contributed by atoms with Crippen LogP contribution in [0.2, 0.25) is 0 Å². The van der Waals surface area contributed by atoms with E-state index in [1.54, 1.807) is 13.1 Å². The molecule has 1 amide bonds. The molecule has 0 saturated carbocycles. The van der Waals surface area contributed by atoms with E-state index in [0.717, 1.165) is 18.4 Å². The molecule has 28 heavy (non-hydrogen) atoms. The highest BCUT2D eigenvalue weighted by Gasteiger charge is 2.24. The summed E-state index contributed by atoms with van der Waals surface area (Å²) in [5.74, 6) is 0.853. The van der Waals surface area contributed by atoms with E-state index in [4.69, 9.17) is 0 Å². The van der Waals surface area contributed by atoms with Gasteiger partial charge in [-0.15, -0.1) is 10.2 Å². The minimum Gasteiger partial charge on any atom is -0.337 e. The summed E-state index contributed by atoms with van der Waals surface area (Å²) in [6.07, 6.45) is 1.84. The molecule has 150 valence electrons. The maximum Gasteiger partial charge on any atom is 0.262 e. The molecular weight excluding hydrogens is 374 g/mol. The van der Waals surface area contributed by atoms with Gasteiger partial charge < -0.3 is 4.90 Å². The second-order valence-electron chi connectivity index (χ2n) is 7.10. The van der Waals surface area contributed by atoms with Crippen molar-refractivity contribution >= 4 is 34.3 Å². The predicted molar refractivity (Wildman–Crippen MR) is 113 cm³/mol. The van der Waals surface area contributed by atoms with Gasteiger partial charge in [-0.05, 0) is 38.8 Å². The van der Waals surface area contributed by atoms with E-state index in [0.29, 0.717) is 16.3 Å². The van der Waals surface area contributed by atoms with Crippen LogP contribution < -0.4 is 5.56 Å². The van der Waals surface area contributed by atoms with Crippen molar-refractivity contribution in [2.75, 3.05) is 5.75 Å². The van der Waals surface area contributed by atoms with Gasteiger partial charge in [0.05, 0.1) is 16.7 Å². The molecule has 2 atom stereocenters. The third-order valence-electron chi connectivity index (χ3n) is 5.34. The number of hydrogen-bond donors (Lipinski definition) is 0. The van der Waals surface area contributed by atoms with Crippen molar-refractivity contribution in [3.8, 4) is 0 Å². The third kappa shape index (κ3) is 3.53. The molecule has 0 saturated heterocycles. The fourth-order valence-corrected chi connectivity index (χ4v) is 4.23. The lowest BCUT2D eigenvalue weighted by molar-refractivity contribution is -0.132. The van der Waals surface area contributed by atoms with Crippen LogP contribution in [0.1, 0.15) is 40.5 Å². The number of amides is 1. The van der Waals surface area contributed by atoms with Gasteiger partial charge in [0.25, 0.3) is 5.56 Å². The van der Waals surface area contributed by atoms with Gasteiger partial charge in [0.2, 0.25) is 11.7 Å². The Morgan fingerprint density at radius 3 is 2.43 bits per heavy atom. The number of para-hydroxylation sites is 1. The number of carbonyl (C=O) groups excluding carboxylic acids is 1. The quantitative estimate of drug-likeness (QED) is 0.569. The number of thioether (sulfide) groups is 1. The molecule has 2 aromatic heterocycles. The van der Waals surface area contributed by atoms with Gasteiger partial charge >= 0.3 is 0 Å². The lowest BCUT2D eigenvalue weighted by Gasteiger charge is -2.34. The van der Waals surface area contributed by atoms with E-state index in [1.165, 1.54) is 16.3 Å². The minimum atomic E-state index is -0.108. The Labute approximate surface area is 168 Å². The van der Waals surface area contributed by atoms with Gasteiger partial charge in [0.15, 0.2) is 5.16 Å². The molecule has 0 unspecified atom stereocenters. The highest BCUT2D eigenvalue weighted by Crippen LogP contribution is 2.23. The van der Waals surface area contributed by atoms with Crippen molar-refractivity contribution in [1.82, 2.24) is 24.1 Å². The molecule has 1 aromatic carbocycles. The fraction of sp³-hybridized carbons (Fsp3) is 0.500. The van der Waals surface area contributed by atoms with Crippen molar-refractivity contribution in [2.24, 2.45) is 7.05 Å². The van der Waals surface area contributed by atoms with Gasteiger partial charge in [-0.25, -0.2) is 0 Å². The van der Waals surface area contributed by atoms with Gasteiger partial charge in [0, 0.05) is 19.1 Å². The number of carbonyl (C=O) groups is 1. The lowest BCUT2D eigenvalue weighted by Crippen LogP contribution is -2.45. The third-order valence-corrected chi connectivity index (χ3v) is 6.25. The monoisotopic (exact) mass is 401 g/mol. The number of rotatable bonds is 7. The molecule has 0 N–H and O–H groups in total. The lowest BCUT2D eigenvalue weighted by atomic mass is 10.1. The Kier molecular flexibility index (Phi) is 6.07. The van der Waals surface area contributed by atoms with Crippen molar-refractivity contribution in [3.05, 3.63) is 34.6 Å². The molecule has 7 nitrogen and oxygen atoms in total. The Bertz CT molecular complexity index is 1050. The molecule has 0 bridgehead atoms. The predicted octanol–water partition coefficient (Wildman–Crippen LogP) is 3.10. The average Bonchev–Trinajstić information content (AvgIpc) is 3.14.